The summed E-state index contributed by atoms with van der Waals surface area (Å²) in [6.07, 6.45) is 2.93. The second-order valence-corrected chi connectivity index (χ2v) is 6.57. The van der Waals surface area contributed by atoms with Crippen LogP contribution in [0.15, 0.2) is 84.9 Å². The Labute approximate surface area is 169 Å². The lowest BCUT2D eigenvalue weighted by Crippen LogP contribution is -2.27. The summed E-state index contributed by atoms with van der Waals surface area (Å²) in [4.78, 5) is 26.8. The Hall–Kier alpha value is -3.73. The van der Waals surface area contributed by atoms with Crippen LogP contribution in [-0.2, 0) is 11.3 Å². The first-order valence-corrected chi connectivity index (χ1v) is 9.16. The SMILES string of the molecule is CN(Cc1ccccc1)C(=O)c1ccccc1NC(=O)/C=C\c1ccc(F)cc1. The van der Waals surface area contributed by atoms with Crippen LogP contribution in [0.1, 0.15) is 21.5 Å². The number of halogens is 1. The van der Waals surface area contributed by atoms with E-state index in [1.807, 2.05) is 30.3 Å². The number of benzene rings is 3. The second kappa shape index (κ2) is 9.46. The number of hydrogen-bond acceptors (Lipinski definition) is 2. The molecule has 0 atom stereocenters. The van der Waals surface area contributed by atoms with Crippen molar-refractivity contribution in [1.82, 2.24) is 4.90 Å². The van der Waals surface area contributed by atoms with Gasteiger partial charge in [-0.2, -0.15) is 0 Å². The lowest BCUT2D eigenvalue weighted by Gasteiger charge is -2.19. The largest absolute Gasteiger partial charge is 0.337 e. The molecule has 1 N–H and O–H groups in total. The van der Waals surface area contributed by atoms with E-state index in [9.17, 15) is 14.0 Å². The fourth-order valence-corrected chi connectivity index (χ4v) is 2.83. The van der Waals surface area contributed by atoms with Crippen LogP contribution in [0.5, 0.6) is 0 Å². The number of anilines is 1. The number of nitrogens with one attached hydrogen (secondary N) is 1. The van der Waals surface area contributed by atoms with Crippen molar-refractivity contribution in [3.63, 3.8) is 0 Å². The minimum atomic E-state index is -0.375. The van der Waals surface area contributed by atoms with Crippen LogP contribution in [0.25, 0.3) is 6.08 Å². The summed E-state index contributed by atoms with van der Waals surface area (Å²) < 4.78 is 13.0. The molecule has 0 saturated heterocycles. The molecule has 3 aromatic rings. The Morgan fingerprint density at radius 3 is 2.31 bits per heavy atom. The molecule has 5 heteroatoms. The monoisotopic (exact) mass is 388 g/mol. The number of carbonyl (C=O) groups is 2. The van der Waals surface area contributed by atoms with Gasteiger partial charge in [-0.15, -0.1) is 0 Å². The summed E-state index contributed by atoms with van der Waals surface area (Å²) in [5.74, 6) is -0.897. The van der Waals surface area contributed by atoms with Gasteiger partial charge in [0, 0.05) is 19.7 Å². The molecule has 0 spiro atoms. The average Bonchev–Trinajstić information content (AvgIpc) is 2.74. The van der Waals surface area contributed by atoms with Crippen LogP contribution in [-0.4, -0.2) is 23.8 Å². The van der Waals surface area contributed by atoms with Gasteiger partial charge in [-0.05, 0) is 41.5 Å². The van der Waals surface area contributed by atoms with E-state index in [1.54, 1.807) is 54.4 Å². The first-order chi connectivity index (χ1) is 14.0. The predicted octanol–water partition coefficient (Wildman–Crippen LogP) is 4.75. The number of para-hydroxylation sites is 1. The van der Waals surface area contributed by atoms with E-state index in [-0.39, 0.29) is 17.6 Å². The van der Waals surface area contributed by atoms with Gasteiger partial charge in [0.25, 0.3) is 5.91 Å². The van der Waals surface area contributed by atoms with E-state index in [4.69, 9.17) is 0 Å². The van der Waals surface area contributed by atoms with E-state index in [0.717, 1.165) is 5.56 Å². The smallest absolute Gasteiger partial charge is 0.256 e. The van der Waals surface area contributed by atoms with Crippen molar-refractivity contribution in [3.05, 3.63) is 107 Å². The molecule has 0 aliphatic rings. The first kappa shape index (κ1) is 20.0. The van der Waals surface area contributed by atoms with Crippen LogP contribution in [0, 0.1) is 5.82 Å². The standard InChI is InChI=1S/C24H21FN2O2/c1-27(17-19-7-3-2-4-8-19)24(29)21-9-5-6-10-22(21)26-23(28)16-13-18-11-14-20(25)15-12-18/h2-16H,17H2,1H3,(H,26,28)/b16-13-. The summed E-state index contributed by atoms with van der Waals surface area (Å²) in [6, 6.07) is 22.4. The van der Waals surface area contributed by atoms with Crippen LogP contribution in [0.2, 0.25) is 0 Å². The Morgan fingerprint density at radius 2 is 1.59 bits per heavy atom. The maximum atomic E-state index is 13.0. The van der Waals surface area contributed by atoms with Crippen LogP contribution < -0.4 is 5.32 Å². The number of hydrogen-bond donors (Lipinski definition) is 1. The van der Waals surface area contributed by atoms with E-state index in [0.29, 0.717) is 23.4 Å². The van der Waals surface area contributed by atoms with Crippen LogP contribution >= 0.6 is 0 Å². The Balaban J connectivity index is 1.70. The Morgan fingerprint density at radius 1 is 0.931 bits per heavy atom. The third-order valence-electron chi connectivity index (χ3n) is 4.32. The zero-order valence-electron chi connectivity index (χ0n) is 16.0. The fraction of sp³-hybridized carbons (Fsp3) is 0.0833. The third kappa shape index (κ3) is 5.62. The number of nitrogens with zero attached hydrogens (tertiary/aromatic N) is 1. The highest BCUT2D eigenvalue weighted by molar-refractivity contribution is 6.07. The highest BCUT2D eigenvalue weighted by atomic mass is 19.1. The van der Waals surface area contributed by atoms with Gasteiger partial charge < -0.3 is 10.2 Å². The van der Waals surface area contributed by atoms with Gasteiger partial charge >= 0.3 is 0 Å². The van der Waals surface area contributed by atoms with Crippen molar-refractivity contribution in [3.8, 4) is 0 Å². The van der Waals surface area contributed by atoms with Gasteiger partial charge in [0.15, 0.2) is 0 Å². The minimum Gasteiger partial charge on any atom is -0.337 e. The lowest BCUT2D eigenvalue weighted by atomic mass is 10.1. The quantitative estimate of drug-likeness (QED) is 0.620. The molecule has 3 aromatic carbocycles. The molecular formula is C24H21FN2O2. The zero-order chi connectivity index (χ0) is 20.6. The zero-order valence-corrected chi connectivity index (χ0v) is 16.0. The highest BCUT2D eigenvalue weighted by Gasteiger charge is 2.16. The summed E-state index contributed by atoms with van der Waals surface area (Å²) in [5, 5.41) is 2.74. The second-order valence-electron chi connectivity index (χ2n) is 6.57. The summed E-state index contributed by atoms with van der Waals surface area (Å²) in [5.41, 5.74) is 2.57. The molecule has 0 radical (unpaired) electrons. The van der Waals surface area contributed by atoms with Crippen molar-refractivity contribution >= 4 is 23.6 Å². The van der Waals surface area contributed by atoms with Crippen LogP contribution in [0.3, 0.4) is 0 Å². The average molecular weight is 388 g/mol. The third-order valence-corrected chi connectivity index (χ3v) is 4.32. The number of rotatable bonds is 6. The molecule has 3 rings (SSSR count). The highest BCUT2D eigenvalue weighted by Crippen LogP contribution is 2.18. The normalized spacial score (nSPS) is 10.7. The van der Waals surface area contributed by atoms with Gasteiger partial charge in [-0.3, -0.25) is 9.59 Å². The van der Waals surface area contributed by atoms with E-state index < -0.39 is 0 Å². The lowest BCUT2D eigenvalue weighted by molar-refractivity contribution is -0.111. The molecule has 0 aliphatic carbocycles. The molecule has 0 fully saturated rings. The molecule has 0 aliphatic heterocycles. The molecule has 146 valence electrons. The summed E-state index contributed by atoms with van der Waals surface area (Å²) in [7, 11) is 1.72. The maximum Gasteiger partial charge on any atom is 0.256 e. The molecule has 0 saturated carbocycles. The fourth-order valence-electron chi connectivity index (χ4n) is 2.83. The van der Waals surface area contributed by atoms with Crippen molar-refractivity contribution in [1.29, 1.82) is 0 Å². The summed E-state index contributed by atoms with van der Waals surface area (Å²) in [6.45, 7) is 0.465. The Kier molecular flexibility index (Phi) is 6.53. The molecule has 2 amide bonds. The van der Waals surface area contributed by atoms with Crippen molar-refractivity contribution in [2.45, 2.75) is 6.54 Å². The number of amides is 2. The van der Waals surface area contributed by atoms with Crippen molar-refractivity contribution in [2.24, 2.45) is 0 Å². The van der Waals surface area contributed by atoms with Gasteiger partial charge in [-0.25, -0.2) is 4.39 Å². The molecule has 29 heavy (non-hydrogen) atoms. The van der Waals surface area contributed by atoms with E-state index in [2.05, 4.69) is 5.32 Å². The van der Waals surface area contributed by atoms with Crippen molar-refractivity contribution in [2.75, 3.05) is 12.4 Å². The minimum absolute atomic E-state index is 0.188. The topological polar surface area (TPSA) is 49.4 Å². The molecule has 0 unspecified atom stereocenters. The van der Waals surface area contributed by atoms with Gasteiger partial charge in [0.1, 0.15) is 5.82 Å². The van der Waals surface area contributed by atoms with E-state index >= 15 is 0 Å². The molecular weight excluding hydrogens is 367 g/mol. The van der Waals surface area contributed by atoms with Gasteiger partial charge in [0.2, 0.25) is 5.91 Å². The summed E-state index contributed by atoms with van der Waals surface area (Å²) >= 11 is 0. The maximum absolute atomic E-state index is 13.0. The molecule has 0 bridgehead atoms. The predicted molar refractivity (Wildman–Crippen MR) is 113 cm³/mol. The first-order valence-electron chi connectivity index (χ1n) is 9.16. The van der Waals surface area contributed by atoms with Crippen molar-refractivity contribution < 1.29 is 14.0 Å². The number of carbonyl (C=O) groups excluding carboxylic acids is 2. The molecule has 0 heterocycles. The Bertz CT molecular complexity index is 1010. The molecule has 0 aromatic heterocycles. The van der Waals surface area contributed by atoms with E-state index in [1.165, 1.54) is 18.2 Å². The van der Waals surface area contributed by atoms with Gasteiger partial charge in [-0.1, -0.05) is 54.6 Å². The molecule has 4 nitrogen and oxygen atoms in total. The van der Waals surface area contributed by atoms with Crippen LogP contribution in [0.4, 0.5) is 10.1 Å². The van der Waals surface area contributed by atoms with Gasteiger partial charge in [0.05, 0.1) is 11.3 Å².